The molecule has 1 fully saturated rings. The summed E-state index contributed by atoms with van der Waals surface area (Å²) in [5.41, 5.74) is -1.92. The van der Waals surface area contributed by atoms with Crippen LogP contribution in [0.25, 0.3) is 0 Å². The molecule has 3 heteroatoms. The van der Waals surface area contributed by atoms with Gasteiger partial charge in [0, 0.05) is 6.04 Å². The van der Waals surface area contributed by atoms with Crippen LogP contribution in [0.15, 0.2) is 0 Å². The van der Waals surface area contributed by atoms with Gasteiger partial charge in [-0.2, -0.15) is 0 Å². The zero-order valence-corrected chi connectivity index (χ0v) is 10.5. The molecule has 0 aliphatic heterocycles. The molecule has 1 aliphatic rings. The van der Waals surface area contributed by atoms with Gasteiger partial charge in [-0.1, -0.05) is 19.3 Å². The molecule has 0 saturated heterocycles. The zero-order chi connectivity index (χ0) is 11.7. The van der Waals surface area contributed by atoms with Crippen molar-refractivity contribution in [3.8, 4) is 0 Å². The Hall–Kier alpha value is -0.120. The fourth-order valence-corrected chi connectivity index (χ4v) is 2.90. The Balaban J connectivity index is 2.80. The molecular weight excluding hydrogens is 190 g/mol. The topological polar surface area (TPSA) is 43.7 Å². The van der Waals surface area contributed by atoms with E-state index in [-0.39, 0.29) is 0 Å². The molecule has 0 heterocycles. The molecular formula is C12H25NO2. The molecule has 0 aromatic rings. The Morgan fingerprint density at radius 2 is 1.27 bits per heavy atom. The maximum Gasteiger partial charge on any atom is 0.115 e. The fourth-order valence-electron chi connectivity index (χ4n) is 2.90. The van der Waals surface area contributed by atoms with E-state index >= 15 is 0 Å². The van der Waals surface area contributed by atoms with Crippen molar-refractivity contribution in [3.05, 3.63) is 0 Å². The van der Waals surface area contributed by atoms with E-state index in [0.717, 1.165) is 12.8 Å². The molecule has 0 aromatic carbocycles. The first-order valence-electron chi connectivity index (χ1n) is 5.97. The van der Waals surface area contributed by atoms with Gasteiger partial charge in [0.1, 0.15) is 11.4 Å². The van der Waals surface area contributed by atoms with Crippen LogP contribution in [0.1, 0.15) is 59.8 Å². The van der Waals surface area contributed by atoms with E-state index in [4.69, 9.17) is 0 Å². The summed E-state index contributed by atoms with van der Waals surface area (Å²) in [5.74, 6) is 0. The van der Waals surface area contributed by atoms with Crippen molar-refractivity contribution in [3.63, 3.8) is 0 Å². The molecule has 0 radical (unpaired) electrons. The highest BCUT2D eigenvalue weighted by atomic mass is 16.3. The Kier molecular flexibility index (Phi) is 3.80. The van der Waals surface area contributed by atoms with Crippen molar-refractivity contribution in [1.82, 2.24) is 4.90 Å². The molecule has 0 unspecified atom stereocenters. The van der Waals surface area contributed by atoms with Crippen molar-refractivity contribution in [2.24, 2.45) is 0 Å². The van der Waals surface area contributed by atoms with Crippen LogP contribution in [-0.2, 0) is 0 Å². The summed E-state index contributed by atoms with van der Waals surface area (Å²) in [5, 5.41) is 20.3. The average molecular weight is 215 g/mol. The van der Waals surface area contributed by atoms with Gasteiger partial charge in [-0.3, -0.25) is 0 Å². The minimum atomic E-state index is -0.958. The fraction of sp³-hybridized carbons (Fsp3) is 1.00. The molecule has 0 amide bonds. The summed E-state index contributed by atoms with van der Waals surface area (Å²) in [6, 6.07) is 0.304. The van der Waals surface area contributed by atoms with Crippen LogP contribution in [-0.4, -0.2) is 32.6 Å². The van der Waals surface area contributed by atoms with Crippen LogP contribution in [0.2, 0.25) is 0 Å². The van der Waals surface area contributed by atoms with Gasteiger partial charge in [-0.05, 0) is 40.5 Å². The summed E-state index contributed by atoms with van der Waals surface area (Å²) in [6.07, 6.45) is 5.84. The van der Waals surface area contributed by atoms with E-state index in [1.54, 1.807) is 27.7 Å². The lowest BCUT2D eigenvalue weighted by Crippen LogP contribution is -2.60. The average Bonchev–Trinajstić information content (AvgIpc) is 2.00. The summed E-state index contributed by atoms with van der Waals surface area (Å²) < 4.78 is 0. The Bertz CT molecular complexity index is 183. The van der Waals surface area contributed by atoms with Gasteiger partial charge in [0.25, 0.3) is 0 Å². The van der Waals surface area contributed by atoms with E-state index in [2.05, 4.69) is 0 Å². The summed E-state index contributed by atoms with van der Waals surface area (Å²) >= 11 is 0. The highest BCUT2D eigenvalue weighted by Gasteiger charge is 2.40. The first kappa shape index (κ1) is 12.9. The van der Waals surface area contributed by atoms with E-state index < -0.39 is 11.4 Å². The maximum atomic E-state index is 10.1. The largest absolute Gasteiger partial charge is 0.376 e. The number of nitrogens with zero attached hydrogens (tertiary/aromatic N) is 1. The van der Waals surface area contributed by atoms with Crippen molar-refractivity contribution in [2.45, 2.75) is 77.3 Å². The van der Waals surface area contributed by atoms with Crippen LogP contribution < -0.4 is 0 Å². The monoisotopic (exact) mass is 215 g/mol. The van der Waals surface area contributed by atoms with Crippen molar-refractivity contribution in [2.75, 3.05) is 0 Å². The summed E-state index contributed by atoms with van der Waals surface area (Å²) in [6.45, 7) is 7.00. The molecule has 0 aromatic heterocycles. The second kappa shape index (κ2) is 4.40. The van der Waals surface area contributed by atoms with Crippen molar-refractivity contribution in [1.29, 1.82) is 0 Å². The lowest BCUT2D eigenvalue weighted by atomic mass is 9.91. The number of hydrogen-bond donors (Lipinski definition) is 2. The van der Waals surface area contributed by atoms with Crippen LogP contribution in [0.5, 0.6) is 0 Å². The van der Waals surface area contributed by atoms with E-state index in [0.29, 0.717) is 6.04 Å². The highest BCUT2D eigenvalue weighted by Crippen LogP contribution is 2.32. The van der Waals surface area contributed by atoms with Gasteiger partial charge in [0.05, 0.1) is 0 Å². The standard InChI is InChI=1S/C12H25NO2/c1-11(2,14)13(12(3,4)15)10-8-6-5-7-9-10/h10,14-15H,5-9H2,1-4H3. The molecule has 1 aliphatic carbocycles. The van der Waals surface area contributed by atoms with Gasteiger partial charge < -0.3 is 10.2 Å². The number of hydrogen-bond acceptors (Lipinski definition) is 3. The van der Waals surface area contributed by atoms with Crippen LogP contribution >= 0.6 is 0 Å². The number of aliphatic hydroxyl groups is 2. The van der Waals surface area contributed by atoms with Crippen molar-refractivity contribution >= 4 is 0 Å². The molecule has 0 atom stereocenters. The van der Waals surface area contributed by atoms with E-state index in [1.165, 1.54) is 19.3 Å². The minimum absolute atomic E-state index is 0.304. The molecule has 0 bridgehead atoms. The van der Waals surface area contributed by atoms with Gasteiger partial charge >= 0.3 is 0 Å². The quantitative estimate of drug-likeness (QED) is 0.708. The molecule has 90 valence electrons. The van der Waals surface area contributed by atoms with Crippen LogP contribution in [0.3, 0.4) is 0 Å². The molecule has 2 N–H and O–H groups in total. The molecule has 1 saturated carbocycles. The molecule has 15 heavy (non-hydrogen) atoms. The third kappa shape index (κ3) is 3.44. The lowest BCUT2D eigenvalue weighted by molar-refractivity contribution is -0.222. The smallest absolute Gasteiger partial charge is 0.115 e. The van der Waals surface area contributed by atoms with Gasteiger partial charge in [0.2, 0.25) is 0 Å². The zero-order valence-electron chi connectivity index (χ0n) is 10.5. The normalized spacial score (nSPS) is 21.0. The molecule has 3 nitrogen and oxygen atoms in total. The number of rotatable bonds is 3. The van der Waals surface area contributed by atoms with Gasteiger partial charge in [0.15, 0.2) is 0 Å². The predicted molar refractivity (Wildman–Crippen MR) is 61.3 cm³/mol. The Morgan fingerprint density at radius 3 is 1.60 bits per heavy atom. The van der Waals surface area contributed by atoms with Gasteiger partial charge in [-0.15, -0.1) is 0 Å². The van der Waals surface area contributed by atoms with Crippen LogP contribution in [0.4, 0.5) is 0 Å². The lowest BCUT2D eigenvalue weighted by Gasteiger charge is -2.48. The van der Waals surface area contributed by atoms with E-state index in [9.17, 15) is 10.2 Å². The Labute approximate surface area is 93.1 Å². The molecule has 0 spiro atoms. The summed E-state index contributed by atoms with van der Waals surface area (Å²) in [4.78, 5) is 1.85. The Morgan fingerprint density at radius 1 is 0.867 bits per heavy atom. The third-order valence-electron chi connectivity index (χ3n) is 3.12. The first-order chi connectivity index (χ1) is 6.73. The van der Waals surface area contributed by atoms with Crippen molar-refractivity contribution < 1.29 is 10.2 Å². The highest BCUT2D eigenvalue weighted by molar-refractivity contribution is 4.86. The SMILES string of the molecule is CC(C)(O)N(C1CCCCC1)C(C)(C)O. The molecule has 1 rings (SSSR count). The maximum absolute atomic E-state index is 10.1. The predicted octanol–water partition coefficient (Wildman–Crippen LogP) is 2.08. The summed E-state index contributed by atoms with van der Waals surface area (Å²) in [7, 11) is 0. The van der Waals surface area contributed by atoms with Crippen LogP contribution in [0, 0.1) is 0 Å². The van der Waals surface area contributed by atoms with Gasteiger partial charge in [-0.25, -0.2) is 4.90 Å². The first-order valence-corrected chi connectivity index (χ1v) is 5.97. The second-order valence-electron chi connectivity index (χ2n) is 5.65. The minimum Gasteiger partial charge on any atom is -0.376 e. The third-order valence-corrected chi connectivity index (χ3v) is 3.12. The van der Waals surface area contributed by atoms with E-state index in [1.807, 2.05) is 4.90 Å². The second-order valence-corrected chi connectivity index (χ2v) is 5.65.